The number of carbonyl (C=O) groups excluding carboxylic acids is 3. The zero-order chi connectivity index (χ0) is 50.0. The Morgan fingerprint density at radius 2 is 0.565 bits per heavy atom. The second kappa shape index (κ2) is 57.7. The van der Waals surface area contributed by atoms with Crippen molar-refractivity contribution in [1.29, 1.82) is 0 Å². The third-order valence-electron chi connectivity index (χ3n) is 13.0. The van der Waals surface area contributed by atoms with E-state index in [9.17, 15) is 14.4 Å². The number of unbranched alkanes of at least 4 members (excludes halogenated alkanes) is 33. The predicted molar refractivity (Wildman–Crippen MR) is 298 cm³/mol. The van der Waals surface area contributed by atoms with Gasteiger partial charge in [0.05, 0.1) is 0 Å². The molecule has 0 N–H and O–H groups in total. The molecule has 0 spiro atoms. The number of rotatable bonds is 54. The van der Waals surface area contributed by atoms with Crippen LogP contribution in [0.25, 0.3) is 0 Å². The first-order chi connectivity index (χ1) is 34.0. The van der Waals surface area contributed by atoms with Gasteiger partial charge >= 0.3 is 17.9 Å². The number of allylic oxidation sites excluding steroid dienone is 10. The van der Waals surface area contributed by atoms with Crippen LogP contribution in [0.1, 0.15) is 303 Å². The third kappa shape index (κ3) is 55.9. The number of hydrogen-bond donors (Lipinski definition) is 0. The van der Waals surface area contributed by atoms with Gasteiger partial charge in [-0.25, -0.2) is 0 Å². The summed E-state index contributed by atoms with van der Waals surface area (Å²) in [6.07, 6.45) is 72.4. The van der Waals surface area contributed by atoms with Crippen LogP contribution in [0.15, 0.2) is 60.8 Å². The summed E-state index contributed by atoms with van der Waals surface area (Å²) in [5.74, 6) is -0.875. The van der Waals surface area contributed by atoms with E-state index in [1.165, 1.54) is 173 Å². The first-order valence-corrected chi connectivity index (χ1v) is 29.8. The van der Waals surface area contributed by atoms with Crippen LogP contribution < -0.4 is 0 Å². The SMILES string of the molecule is CC/C=C\C/C=C\C/C=C\C/C=C\CCCCCCCCCCCCCCCCC(=O)OCC(COC(=O)CCCCCCCCCC)OC(=O)CCCCCCC/C=C\CCCCCCCCC. The summed E-state index contributed by atoms with van der Waals surface area (Å²) in [7, 11) is 0. The molecule has 0 aromatic rings. The third-order valence-corrected chi connectivity index (χ3v) is 13.0. The van der Waals surface area contributed by atoms with Crippen LogP contribution in [-0.2, 0) is 28.6 Å². The molecule has 0 fully saturated rings. The van der Waals surface area contributed by atoms with Gasteiger partial charge in [0.15, 0.2) is 6.10 Å². The summed E-state index contributed by atoms with van der Waals surface area (Å²) in [5, 5.41) is 0. The maximum atomic E-state index is 12.8. The van der Waals surface area contributed by atoms with Crippen molar-refractivity contribution in [3.05, 3.63) is 60.8 Å². The summed E-state index contributed by atoms with van der Waals surface area (Å²) >= 11 is 0. The van der Waals surface area contributed by atoms with Crippen LogP contribution in [0.4, 0.5) is 0 Å². The molecule has 400 valence electrons. The van der Waals surface area contributed by atoms with E-state index in [2.05, 4.69) is 81.5 Å². The number of carbonyl (C=O) groups is 3. The standard InChI is InChI=1S/C63H112O6/c1-4-7-10-13-16-19-21-23-25-27-28-29-30-31-32-33-34-35-36-37-39-40-42-44-47-50-53-56-62(65)68-59-60(58-67-61(64)55-52-49-46-18-15-12-9-6-3)69-63(66)57-54-51-48-45-43-41-38-26-24-22-20-17-14-11-8-5-2/h7,10,16,19,23,25-26,28-29,38,60H,4-6,8-9,11-15,17-18,20-22,24,27,30-37,39-59H2,1-3H3/b10-7-,19-16-,25-23-,29-28-,38-26-. The molecule has 0 aliphatic heterocycles. The molecular weight excluding hydrogens is 853 g/mol. The molecule has 0 aromatic carbocycles. The second-order valence-corrected chi connectivity index (χ2v) is 19.9. The highest BCUT2D eigenvalue weighted by molar-refractivity contribution is 5.71. The topological polar surface area (TPSA) is 78.9 Å². The molecule has 0 radical (unpaired) electrons. The largest absolute Gasteiger partial charge is 0.462 e. The minimum atomic E-state index is -0.774. The zero-order valence-corrected chi connectivity index (χ0v) is 45.8. The normalized spacial score (nSPS) is 12.4. The fourth-order valence-electron chi connectivity index (χ4n) is 8.55. The van der Waals surface area contributed by atoms with E-state index in [1.807, 2.05) is 0 Å². The van der Waals surface area contributed by atoms with Crippen LogP contribution in [0.3, 0.4) is 0 Å². The maximum absolute atomic E-state index is 12.8. The molecule has 0 saturated heterocycles. The van der Waals surface area contributed by atoms with Gasteiger partial charge in [0.25, 0.3) is 0 Å². The summed E-state index contributed by atoms with van der Waals surface area (Å²) in [6, 6.07) is 0. The van der Waals surface area contributed by atoms with Crippen molar-refractivity contribution >= 4 is 17.9 Å². The van der Waals surface area contributed by atoms with Gasteiger partial charge in [0, 0.05) is 19.3 Å². The van der Waals surface area contributed by atoms with Crippen molar-refractivity contribution in [2.75, 3.05) is 13.2 Å². The Morgan fingerprint density at radius 3 is 0.899 bits per heavy atom. The van der Waals surface area contributed by atoms with Gasteiger partial charge in [-0.15, -0.1) is 0 Å². The van der Waals surface area contributed by atoms with Gasteiger partial charge in [0.2, 0.25) is 0 Å². The molecule has 0 amide bonds. The molecule has 6 nitrogen and oxygen atoms in total. The van der Waals surface area contributed by atoms with Crippen LogP contribution in [-0.4, -0.2) is 37.2 Å². The number of ether oxygens (including phenoxy) is 3. The molecule has 0 aliphatic carbocycles. The highest BCUT2D eigenvalue weighted by Gasteiger charge is 2.19. The molecular formula is C63H112O6. The molecule has 69 heavy (non-hydrogen) atoms. The maximum Gasteiger partial charge on any atom is 0.306 e. The molecule has 6 heteroatoms. The van der Waals surface area contributed by atoms with Crippen molar-refractivity contribution in [3.8, 4) is 0 Å². The Hall–Kier alpha value is -2.89. The van der Waals surface area contributed by atoms with Crippen LogP contribution >= 0.6 is 0 Å². The molecule has 0 heterocycles. The van der Waals surface area contributed by atoms with Crippen molar-refractivity contribution in [3.63, 3.8) is 0 Å². The highest BCUT2D eigenvalue weighted by Crippen LogP contribution is 2.16. The smallest absolute Gasteiger partial charge is 0.306 e. The molecule has 1 atom stereocenters. The second-order valence-electron chi connectivity index (χ2n) is 19.9. The van der Waals surface area contributed by atoms with Crippen molar-refractivity contribution < 1.29 is 28.6 Å². The lowest BCUT2D eigenvalue weighted by molar-refractivity contribution is -0.167. The number of esters is 3. The van der Waals surface area contributed by atoms with Crippen LogP contribution in [0.2, 0.25) is 0 Å². The van der Waals surface area contributed by atoms with Gasteiger partial charge in [-0.2, -0.15) is 0 Å². The van der Waals surface area contributed by atoms with E-state index in [4.69, 9.17) is 14.2 Å². The van der Waals surface area contributed by atoms with E-state index < -0.39 is 6.10 Å². The lowest BCUT2D eigenvalue weighted by Crippen LogP contribution is -2.30. The minimum Gasteiger partial charge on any atom is -0.462 e. The fourth-order valence-corrected chi connectivity index (χ4v) is 8.55. The monoisotopic (exact) mass is 965 g/mol. The van der Waals surface area contributed by atoms with E-state index in [-0.39, 0.29) is 31.1 Å². The molecule has 0 bridgehead atoms. The highest BCUT2D eigenvalue weighted by atomic mass is 16.6. The summed E-state index contributed by atoms with van der Waals surface area (Å²) in [5.41, 5.74) is 0. The Labute approximate surface area is 428 Å². The lowest BCUT2D eigenvalue weighted by Gasteiger charge is -2.18. The van der Waals surface area contributed by atoms with Gasteiger partial charge < -0.3 is 14.2 Å². The Kier molecular flexibility index (Phi) is 55.3. The van der Waals surface area contributed by atoms with Gasteiger partial charge in [-0.3, -0.25) is 14.4 Å². The van der Waals surface area contributed by atoms with Gasteiger partial charge in [-0.05, 0) is 83.5 Å². The van der Waals surface area contributed by atoms with Crippen molar-refractivity contribution in [2.24, 2.45) is 0 Å². The molecule has 0 aromatic heterocycles. The lowest BCUT2D eigenvalue weighted by atomic mass is 10.0. The summed E-state index contributed by atoms with van der Waals surface area (Å²) in [6.45, 7) is 6.52. The van der Waals surface area contributed by atoms with E-state index >= 15 is 0 Å². The zero-order valence-electron chi connectivity index (χ0n) is 45.8. The first kappa shape index (κ1) is 66.1. The van der Waals surface area contributed by atoms with E-state index in [0.717, 1.165) is 89.9 Å². The van der Waals surface area contributed by atoms with Crippen molar-refractivity contribution in [2.45, 2.75) is 309 Å². The Bertz CT molecular complexity index is 1250. The molecule has 0 saturated carbocycles. The Balaban J connectivity index is 4.14. The van der Waals surface area contributed by atoms with Crippen LogP contribution in [0, 0.1) is 0 Å². The van der Waals surface area contributed by atoms with Gasteiger partial charge in [0.1, 0.15) is 13.2 Å². The summed E-state index contributed by atoms with van der Waals surface area (Å²) in [4.78, 5) is 38.0. The number of hydrogen-bond acceptors (Lipinski definition) is 6. The molecule has 1 unspecified atom stereocenters. The predicted octanol–water partition coefficient (Wildman–Crippen LogP) is 20.0. The van der Waals surface area contributed by atoms with E-state index in [1.54, 1.807) is 0 Å². The summed E-state index contributed by atoms with van der Waals surface area (Å²) < 4.78 is 16.8. The molecule has 0 aliphatic rings. The first-order valence-electron chi connectivity index (χ1n) is 29.8. The average molecular weight is 966 g/mol. The van der Waals surface area contributed by atoms with Gasteiger partial charge in [-0.1, -0.05) is 261 Å². The quantitative estimate of drug-likeness (QED) is 0.0262. The molecule has 0 rings (SSSR count). The van der Waals surface area contributed by atoms with E-state index in [0.29, 0.717) is 19.3 Å². The van der Waals surface area contributed by atoms with Crippen molar-refractivity contribution in [1.82, 2.24) is 0 Å². The fraction of sp³-hybridized carbons (Fsp3) is 0.794. The minimum absolute atomic E-state index is 0.0743. The Morgan fingerprint density at radius 1 is 0.304 bits per heavy atom. The van der Waals surface area contributed by atoms with Crippen LogP contribution in [0.5, 0.6) is 0 Å². The average Bonchev–Trinajstić information content (AvgIpc) is 3.35.